The summed E-state index contributed by atoms with van der Waals surface area (Å²) in [4.78, 5) is 12.1. The van der Waals surface area contributed by atoms with Crippen LogP contribution in [0.25, 0.3) is 0 Å². The minimum Gasteiger partial charge on any atom is -0.352 e. The SMILES string of the molecule is CC(Sc1nnnn1CCN)C(=O)NC1CCCC1. The summed E-state index contributed by atoms with van der Waals surface area (Å²) in [6, 6.07) is 0.343. The van der Waals surface area contributed by atoms with E-state index in [1.807, 2.05) is 6.92 Å². The van der Waals surface area contributed by atoms with E-state index in [9.17, 15) is 4.79 Å². The molecule has 8 heteroatoms. The standard InChI is InChI=1S/C11H20N6OS/c1-8(10(18)13-9-4-2-3-5-9)19-11-14-15-16-17(11)7-6-12/h8-9H,2-7,12H2,1H3,(H,13,18). The van der Waals surface area contributed by atoms with E-state index >= 15 is 0 Å². The van der Waals surface area contributed by atoms with Gasteiger partial charge in [0.1, 0.15) is 0 Å². The van der Waals surface area contributed by atoms with Gasteiger partial charge in [-0.1, -0.05) is 24.6 Å². The molecule has 106 valence electrons. The number of carbonyl (C=O) groups is 1. The Morgan fingerprint density at radius 2 is 2.32 bits per heavy atom. The van der Waals surface area contributed by atoms with Gasteiger partial charge in [-0.25, -0.2) is 4.68 Å². The first-order chi connectivity index (χ1) is 9.20. The molecule has 1 atom stereocenters. The lowest BCUT2D eigenvalue weighted by Gasteiger charge is -2.15. The van der Waals surface area contributed by atoms with Crippen LogP contribution in [0.15, 0.2) is 5.16 Å². The maximum atomic E-state index is 12.1. The van der Waals surface area contributed by atoms with E-state index in [0.29, 0.717) is 24.3 Å². The number of hydrogen-bond acceptors (Lipinski definition) is 6. The summed E-state index contributed by atoms with van der Waals surface area (Å²) in [6.07, 6.45) is 4.60. The fourth-order valence-electron chi connectivity index (χ4n) is 2.14. The topological polar surface area (TPSA) is 98.7 Å². The number of carbonyl (C=O) groups excluding carboxylic acids is 1. The van der Waals surface area contributed by atoms with Crippen molar-refractivity contribution in [1.29, 1.82) is 0 Å². The third kappa shape index (κ3) is 3.90. The molecule has 0 aliphatic heterocycles. The minimum atomic E-state index is -0.205. The number of tetrazole rings is 1. The van der Waals surface area contributed by atoms with Crippen LogP contribution in [0.1, 0.15) is 32.6 Å². The van der Waals surface area contributed by atoms with Crippen LogP contribution in [0.3, 0.4) is 0 Å². The normalized spacial score (nSPS) is 17.6. The number of amides is 1. The Morgan fingerprint density at radius 1 is 1.58 bits per heavy atom. The van der Waals surface area contributed by atoms with Gasteiger partial charge in [-0.2, -0.15) is 0 Å². The van der Waals surface area contributed by atoms with E-state index < -0.39 is 0 Å². The van der Waals surface area contributed by atoms with Crippen LogP contribution in [0.2, 0.25) is 0 Å². The van der Waals surface area contributed by atoms with Gasteiger partial charge in [0.25, 0.3) is 0 Å². The Balaban J connectivity index is 1.86. The van der Waals surface area contributed by atoms with E-state index in [1.165, 1.54) is 24.6 Å². The predicted molar refractivity (Wildman–Crippen MR) is 72.6 cm³/mol. The van der Waals surface area contributed by atoms with Gasteiger partial charge in [0.2, 0.25) is 11.1 Å². The Morgan fingerprint density at radius 3 is 3.00 bits per heavy atom. The molecule has 0 bridgehead atoms. The first-order valence-electron chi connectivity index (χ1n) is 6.64. The first kappa shape index (κ1) is 14.3. The van der Waals surface area contributed by atoms with E-state index in [1.54, 1.807) is 4.68 Å². The molecule has 1 heterocycles. The van der Waals surface area contributed by atoms with Crippen molar-refractivity contribution >= 4 is 17.7 Å². The van der Waals surface area contributed by atoms with Crippen molar-refractivity contribution in [3.63, 3.8) is 0 Å². The second kappa shape index (κ2) is 6.85. The van der Waals surface area contributed by atoms with Gasteiger partial charge in [0.05, 0.1) is 11.8 Å². The smallest absolute Gasteiger partial charge is 0.233 e. The van der Waals surface area contributed by atoms with Crippen molar-refractivity contribution in [2.24, 2.45) is 5.73 Å². The average Bonchev–Trinajstić information content (AvgIpc) is 3.02. The fourth-order valence-corrected chi connectivity index (χ4v) is 2.97. The second-order valence-corrected chi connectivity index (χ2v) is 6.03. The largest absolute Gasteiger partial charge is 0.352 e. The monoisotopic (exact) mass is 284 g/mol. The second-order valence-electron chi connectivity index (χ2n) is 4.72. The highest BCUT2D eigenvalue weighted by atomic mass is 32.2. The third-order valence-electron chi connectivity index (χ3n) is 3.19. The molecule has 1 aromatic heterocycles. The molecular formula is C11H20N6OS. The molecule has 19 heavy (non-hydrogen) atoms. The van der Waals surface area contributed by atoms with Crippen molar-refractivity contribution in [3.8, 4) is 0 Å². The molecule has 0 spiro atoms. The summed E-state index contributed by atoms with van der Waals surface area (Å²) in [5, 5.41) is 14.9. The lowest BCUT2D eigenvalue weighted by molar-refractivity contribution is -0.120. The van der Waals surface area contributed by atoms with Gasteiger partial charge in [0.15, 0.2) is 0 Å². The van der Waals surface area contributed by atoms with Crippen LogP contribution in [0.4, 0.5) is 0 Å². The number of rotatable bonds is 6. The summed E-state index contributed by atoms with van der Waals surface area (Å²) < 4.78 is 1.63. The van der Waals surface area contributed by atoms with Crippen molar-refractivity contribution < 1.29 is 4.79 Å². The Hall–Kier alpha value is -1.15. The maximum Gasteiger partial charge on any atom is 0.233 e. The molecule has 1 saturated carbocycles. The van der Waals surface area contributed by atoms with Crippen LogP contribution >= 0.6 is 11.8 Å². The van der Waals surface area contributed by atoms with Crippen LogP contribution in [0.5, 0.6) is 0 Å². The molecule has 7 nitrogen and oxygen atoms in total. The van der Waals surface area contributed by atoms with Crippen molar-refractivity contribution in [3.05, 3.63) is 0 Å². The van der Waals surface area contributed by atoms with Gasteiger partial charge in [0, 0.05) is 12.6 Å². The summed E-state index contributed by atoms with van der Waals surface area (Å²) in [5.74, 6) is 0.0548. The number of aromatic nitrogens is 4. The summed E-state index contributed by atoms with van der Waals surface area (Å²) >= 11 is 1.37. The average molecular weight is 284 g/mol. The highest BCUT2D eigenvalue weighted by molar-refractivity contribution is 8.00. The Bertz CT molecular complexity index is 417. The fraction of sp³-hybridized carbons (Fsp3) is 0.818. The predicted octanol–water partition coefficient (Wildman–Crippen LogP) is 0.171. The molecule has 3 N–H and O–H groups in total. The number of nitrogens with one attached hydrogen (secondary N) is 1. The van der Waals surface area contributed by atoms with E-state index in [4.69, 9.17) is 5.73 Å². The lowest BCUT2D eigenvalue weighted by Crippen LogP contribution is -2.37. The maximum absolute atomic E-state index is 12.1. The van der Waals surface area contributed by atoms with Crippen LogP contribution in [0, 0.1) is 0 Å². The summed E-state index contributed by atoms with van der Waals surface area (Å²) in [7, 11) is 0. The van der Waals surface area contributed by atoms with E-state index in [2.05, 4.69) is 20.8 Å². The molecule has 0 aromatic carbocycles. The van der Waals surface area contributed by atoms with Crippen LogP contribution in [-0.2, 0) is 11.3 Å². The molecule has 1 unspecified atom stereocenters. The Kier molecular flexibility index (Phi) is 5.15. The van der Waals surface area contributed by atoms with Gasteiger partial charge in [-0.3, -0.25) is 4.79 Å². The number of thioether (sulfide) groups is 1. The number of nitrogens with zero attached hydrogens (tertiary/aromatic N) is 4. The van der Waals surface area contributed by atoms with E-state index in [0.717, 1.165) is 12.8 Å². The molecule has 2 rings (SSSR count). The van der Waals surface area contributed by atoms with Crippen LogP contribution in [-0.4, -0.2) is 44.0 Å². The van der Waals surface area contributed by atoms with Gasteiger partial charge in [-0.05, 0) is 30.2 Å². The lowest BCUT2D eigenvalue weighted by atomic mass is 10.2. The molecule has 1 amide bonds. The molecule has 0 radical (unpaired) electrons. The third-order valence-corrected chi connectivity index (χ3v) is 4.26. The highest BCUT2D eigenvalue weighted by Gasteiger charge is 2.22. The summed E-state index contributed by atoms with van der Waals surface area (Å²) in [6.45, 7) is 2.91. The van der Waals surface area contributed by atoms with Crippen molar-refractivity contribution in [1.82, 2.24) is 25.5 Å². The number of nitrogens with two attached hydrogens (primary N) is 1. The highest BCUT2D eigenvalue weighted by Crippen LogP contribution is 2.22. The molecule has 1 aliphatic carbocycles. The molecule has 1 aliphatic rings. The zero-order valence-corrected chi connectivity index (χ0v) is 11.9. The molecule has 1 fully saturated rings. The van der Waals surface area contributed by atoms with Gasteiger partial charge >= 0.3 is 0 Å². The van der Waals surface area contributed by atoms with E-state index in [-0.39, 0.29) is 11.2 Å². The summed E-state index contributed by atoms with van der Waals surface area (Å²) in [5.41, 5.74) is 5.48. The molecule has 0 saturated heterocycles. The van der Waals surface area contributed by atoms with Crippen LogP contribution < -0.4 is 11.1 Å². The zero-order valence-electron chi connectivity index (χ0n) is 11.1. The van der Waals surface area contributed by atoms with Crippen molar-refractivity contribution in [2.75, 3.05) is 6.54 Å². The van der Waals surface area contributed by atoms with Gasteiger partial charge in [-0.15, -0.1) is 5.10 Å². The van der Waals surface area contributed by atoms with Gasteiger partial charge < -0.3 is 11.1 Å². The molecular weight excluding hydrogens is 264 g/mol. The molecule has 1 aromatic rings. The Labute approximate surface area is 116 Å². The zero-order chi connectivity index (χ0) is 13.7. The van der Waals surface area contributed by atoms with Crippen molar-refractivity contribution in [2.45, 2.75) is 55.6 Å². The quantitative estimate of drug-likeness (QED) is 0.723. The minimum absolute atomic E-state index is 0.0548. The number of hydrogen-bond donors (Lipinski definition) is 2. The first-order valence-corrected chi connectivity index (χ1v) is 7.52.